The lowest BCUT2D eigenvalue weighted by molar-refractivity contribution is -0.135. The zero-order chi connectivity index (χ0) is 24.0. The predicted octanol–water partition coefficient (Wildman–Crippen LogP) is 3.89. The maximum atomic E-state index is 13.9. The lowest BCUT2D eigenvalue weighted by atomic mass is 10.1. The molecule has 7 nitrogen and oxygen atoms in total. The summed E-state index contributed by atoms with van der Waals surface area (Å²) in [6, 6.07) is 16.2. The van der Waals surface area contributed by atoms with Crippen LogP contribution in [0.1, 0.15) is 31.9 Å². The van der Waals surface area contributed by atoms with Crippen LogP contribution in [-0.2, 0) is 11.8 Å². The van der Waals surface area contributed by atoms with E-state index in [0.29, 0.717) is 25.0 Å². The summed E-state index contributed by atoms with van der Waals surface area (Å²) in [5.41, 5.74) is 3.69. The van der Waals surface area contributed by atoms with Gasteiger partial charge in [-0.15, -0.1) is 0 Å². The highest BCUT2D eigenvalue weighted by atomic mass is 16.2. The molecule has 2 aromatic carbocycles. The van der Waals surface area contributed by atoms with Crippen LogP contribution in [0.15, 0.2) is 59.5 Å². The summed E-state index contributed by atoms with van der Waals surface area (Å²) >= 11 is 0. The number of aryl methyl sites for hydroxylation is 2. The quantitative estimate of drug-likeness (QED) is 0.467. The van der Waals surface area contributed by atoms with Gasteiger partial charge in [-0.3, -0.25) is 9.59 Å². The number of hydrogen-bond acceptors (Lipinski definition) is 4. The van der Waals surface area contributed by atoms with Crippen molar-refractivity contribution < 1.29 is 4.79 Å². The highest BCUT2D eigenvalue weighted by Crippen LogP contribution is 2.32. The molecule has 1 amide bonds. The van der Waals surface area contributed by atoms with Crippen molar-refractivity contribution in [3.63, 3.8) is 0 Å². The molecule has 1 aliphatic rings. The summed E-state index contributed by atoms with van der Waals surface area (Å²) in [5.74, 6) is 0.0692. The maximum absolute atomic E-state index is 13.9. The van der Waals surface area contributed by atoms with Gasteiger partial charge >= 0.3 is 0 Å². The molecule has 0 bridgehead atoms. The smallest absolute Gasteiger partial charge is 0.291 e. The van der Waals surface area contributed by atoms with Gasteiger partial charge in [0.15, 0.2) is 0 Å². The average Bonchev–Trinajstić information content (AvgIpc) is 3.17. The van der Waals surface area contributed by atoms with Crippen molar-refractivity contribution in [2.24, 2.45) is 7.05 Å². The number of para-hydroxylation sites is 1. The van der Waals surface area contributed by atoms with Crippen molar-refractivity contribution in [3.05, 3.63) is 70.6 Å². The van der Waals surface area contributed by atoms with Gasteiger partial charge in [-0.05, 0) is 44.0 Å². The van der Waals surface area contributed by atoms with Crippen molar-refractivity contribution in [1.29, 1.82) is 0 Å². The maximum Gasteiger partial charge on any atom is 0.291 e. The first-order valence-electron chi connectivity index (χ1n) is 12.0. The van der Waals surface area contributed by atoms with Crippen molar-refractivity contribution in [2.45, 2.75) is 39.3 Å². The van der Waals surface area contributed by atoms with Gasteiger partial charge in [0.2, 0.25) is 5.91 Å². The molecule has 1 saturated heterocycles. The largest absolute Gasteiger partial charge is 0.365 e. The number of hydrogen-bond donors (Lipinski definition) is 0. The molecular formula is C27H31N5O2. The molecule has 3 heterocycles. The third-order valence-corrected chi connectivity index (χ3v) is 7.06. The second kappa shape index (κ2) is 8.63. The number of carbonyl (C=O) groups is 1. The Kier molecular flexibility index (Phi) is 5.63. The fourth-order valence-electron chi connectivity index (χ4n) is 5.34. The van der Waals surface area contributed by atoms with Gasteiger partial charge in [-0.2, -0.15) is 5.10 Å². The molecule has 0 radical (unpaired) electrons. The van der Waals surface area contributed by atoms with E-state index in [1.54, 1.807) is 13.2 Å². The Labute approximate surface area is 199 Å². The molecule has 0 spiro atoms. The van der Waals surface area contributed by atoms with Gasteiger partial charge in [-0.25, -0.2) is 4.68 Å². The lowest BCUT2D eigenvalue weighted by Gasteiger charge is -2.42. The minimum atomic E-state index is -0.449. The molecule has 34 heavy (non-hydrogen) atoms. The zero-order valence-corrected chi connectivity index (χ0v) is 20.2. The van der Waals surface area contributed by atoms with Crippen LogP contribution in [0, 0.1) is 6.92 Å². The fraction of sp³-hybridized carbons (Fsp3) is 0.370. The van der Waals surface area contributed by atoms with Crippen molar-refractivity contribution in [3.8, 4) is 0 Å². The number of carbonyl (C=O) groups excluding carboxylic acids is 1. The van der Waals surface area contributed by atoms with E-state index in [0.717, 1.165) is 22.8 Å². The van der Waals surface area contributed by atoms with E-state index in [1.807, 2.05) is 40.7 Å². The van der Waals surface area contributed by atoms with E-state index in [2.05, 4.69) is 48.1 Å². The van der Waals surface area contributed by atoms with Crippen LogP contribution < -0.4 is 10.5 Å². The normalized spacial score (nSPS) is 17.5. The number of anilines is 1. The first kappa shape index (κ1) is 22.2. The van der Waals surface area contributed by atoms with Gasteiger partial charge < -0.3 is 14.4 Å². The Morgan fingerprint density at radius 2 is 1.91 bits per heavy atom. The summed E-state index contributed by atoms with van der Waals surface area (Å²) in [4.78, 5) is 31.4. The number of fused-ring (bicyclic) bond motifs is 3. The molecule has 0 aliphatic carbocycles. The number of aromatic nitrogens is 3. The van der Waals surface area contributed by atoms with E-state index >= 15 is 0 Å². The highest BCUT2D eigenvalue weighted by molar-refractivity contribution is 6.08. The molecule has 1 aliphatic heterocycles. The van der Waals surface area contributed by atoms with E-state index in [9.17, 15) is 9.59 Å². The van der Waals surface area contributed by atoms with Crippen molar-refractivity contribution in [2.75, 3.05) is 24.5 Å². The number of piperazine rings is 1. The standard InChI is InChI=1S/C27H31N5O2/c1-5-23(26(33)30-13-14-31(19(3)17-30)20-10-8-9-18(2)15-20)32-24-12-7-6-11-21(24)22-16-28-29(4)27(34)25(22)32/h6-12,15-16,19,23H,5,13-14,17H2,1-4H3/t19-,23-/m1/s1. The van der Waals surface area contributed by atoms with Crippen LogP contribution in [0.3, 0.4) is 0 Å². The third kappa shape index (κ3) is 3.56. The fourth-order valence-corrected chi connectivity index (χ4v) is 5.34. The number of benzene rings is 2. The number of amides is 1. The van der Waals surface area contributed by atoms with E-state index in [4.69, 9.17) is 0 Å². The molecule has 0 N–H and O–H groups in total. The minimum Gasteiger partial charge on any atom is -0.365 e. The van der Waals surface area contributed by atoms with Crippen molar-refractivity contribution in [1.82, 2.24) is 19.2 Å². The SMILES string of the molecule is CC[C@H](C(=O)N1CCN(c2cccc(C)c2)[C@H](C)C1)n1c2ccccc2c2cnn(C)c(=O)c21. The van der Waals surface area contributed by atoms with Crippen LogP contribution >= 0.6 is 0 Å². The van der Waals surface area contributed by atoms with Gasteiger partial charge in [-0.1, -0.05) is 37.3 Å². The Balaban J connectivity index is 1.51. The predicted molar refractivity (Wildman–Crippen MR) is 136 cm³/mol. The average molecular weight is 458 g/mol. The van der Waals surface area contributed by atoms with Crippen molar-refractivity contribution >= 4 is 33.4 Å². The van der Waals surface area contributed by atoms with Gasteiger partial charge in [0.05, 0.1) is 11.7 Å². The van der Waals surface area contributed by atoms with E-state index < -0.39 is 6.04 Å². The second-order valence-electron chi connectivity index (χ2n) is 9.31. The van der Waals surface area contributed by atoms with E-state index in [-0.39, 0.29) is 17.5 Å². The second-order valence-corrected chi connectivity index (χ2v) is 9.31. The first-order chi connectivity index (χ1) is 16.4. The molecule has 0 unspecified atom stereocenters. The summed E-state index contributed by atoms with van der Waals surface area (Å²) in [7, 11) is 1.65. The summed E-state index contributed by atoms with van der Waals surface area (Å²) < 4.78 is 3.30. The van der Waals surface area contributed by atoms with Crippen LogP contribution in [0.25, 0.3) is 21.8 Å². The summed E-state index contributed by atoms with van der Waals surface area (Å²) in [6.45, 7) is 8.38. The molecule has 0 saturated carbocycles. The third-order valence-electron chi connectivity index (χ3n) is 7.06. The first-order valence-corrected chi connectivity index (χ1v) is 12.0. The molecule has 5 rings (SSSR count). The number of rotatable bonds is 4. The van der Waals surface area contributed by atoms with Crippen LogP contribution in [-0.4, -0.2) is 50.8 Å². The van der Waals surface area contributed by atoms with Gasteiger partial charge in [0.25, 0.3) is 5.56 Å². The number of nitrogens with zero attached hydrogens (tertiary/aromatic N) is 5. The van der Waals surface area contributed by atoms with Crippen LogP contribution in [0.5, 0.6) is 0 Å². The van der Waals surface area contributed by atoms with E-state index in [1.165, 1.54) is 15.9 Å². The topological polar surface area (TPSA) is 63.4 Å². The Bertz CT molecular complexity index is 1440. The minimum absolute atomic E-state index is 0.0692. The molecule has 2 atom stereocenters. The summed E-state index contributed by atoms with van der Waals surface area (Å²) in [5, 5.41) is 5.98. The van der Waals surface area contributed by atoms with Crippen LogP contribution in [0.4, 0.5) is 5.69 Å². The summed E-state index contributed by atoms with van der Waals surface area (Å²) in [6.07, 6.45) is 2.33. The molecular weight excluding hydrogens is 426 g/mol. The Hall–Kier alpha value is -3.61. The highest BCUT2D eigenvalue weighted by Gasteiger charge is 2.33. The van der Waals surface area contributed by atoms with Gasteiger partial charge in [0.1, 0.15) is 11.6 Å². The molecule has 176 valence electrons. The van der Waals surface area contributed by atoms with Gasteiger partial charge in [0, 0.05) is 49.2 Å². The van der Waals surface area contributed by atoms with Crippen LogP contribution in [0.2, 0.25) is 0 Å². The Morgan fingerprint density at radius 3 is 2.65 bits per heavy atom. The molecule has 1 fully saturated rings. The Morgan fingerprint density at radius 1 is 1.12 bits per heavy atom. The molecule has 4 aromatic rings. The molecule has 7 heteroatoms. The monoisotopic (exact) mass is 457 g/mol. The zero-order valence-electron chi connectivity index (χ0n) is 20.2. The molecule has 2 aromatic heterocycles. The lowest BCUT2D eigenvalue weighted by Crippen LogP contribution is -2.55.